The molecule has 1 saturated carbocycles. The lowest BCUT2D eigenvalue weighted by Gasteiger charge is -2.44. The lowest BCUT2D eigenvalue weighted by atomic mass is 9.69. The van der Waals surface area contributed by atoms with Gasteiger partial charge in [0.2, 0.25) is 5.54 Å². The molecule has 1 spiro atoms. The molecule has 1 fully saturated rings. The second kappa shape index (κ2) is 6.14. The quantitative estimate of drug-likeness (QED) is 0.512. The first kappa shape index (κ1) is 17.4. The fourth-order valence-electron chi connectivity index (χ4n) is 5.08. The molecule has 0 amide bonds. The number of H-pyrrole nitrogens is 1. The predicted octanol–water partition coefficient (Wildman–Crippen LogP) is 4.82. The van der Waals surface area contributed by atoms with Gasteiger partial charge >= 0.3 is 0 Å². The summed E-state index contributed by atoms with van der Waals surface area (Å²) in [7, 11) is 0. The highest BCUT2D eigenvalue weighted by atomic mass is 19.1. The van der Waals surface area contributed by atoms with Crippen LogP contribution in [0.4, 0.5) is 4.39 Å². The molecule has 2 heterocycles. The van der Waals surface area contributed by atoms with Gasteiger partial charge in [-0.05, 0) is 43.0 Å². The number of hydrogen-bond acceptors (Lipinski definition) is 3. The van der Waals surface area contributed by atoms with Crippen LogP contribution in [0.25, 0.3) is 10.9 Å². The fraction of sp³-hybridized carbons (Fsp3) is 0.364. The Hall–Kier alpha value is -2.73. The number of rotatable bonds is 2. The topological polar surface area (TPSA) is 68.2 Å². The summed E-state index contributed by atoms with van der Waals surface area (Å²) in [5.74, 6) is -0.255. The molecule has 5 rings (SSSR count). The number of nitrogens with one attached hydrogen (secondary N) is 1. The molecule has 28 heavy (non-hydrogen) atoms. The summed E-state index contributed by atoms with van der Waals surface area (Å²) < 4.78 is 20.0. The zero-order chi connectivity index (χ0) is 19.4. The average molecular weight is 380 g/mol. The molecule has 0 unspecified atom stereocenters. The molecule has 144 valence electrons. The van der Waals surface area contributed by atoms with Gasteiger partial charge in [0.15, 0.2) is 0 Å². The van der Waals surface area contributed by atoms with E-state index in [-0.39, 0.29) is 10.7 Å². The van der Waals surface area contributed by atoms with Gasteiger partial charge in [-0.1, -0.05) is 30.3 Å². The van der Waals surface area contributed by atoms with Crippen LogP contribution in [0.2, 0.25) is 0 Å². The Bertz CT molecular complexity index is 1050. The number of nitrogens with zero attached hydrogens (tertiary/aromatic N) is 1. The van der Waals surface area contributed by atoms with E-state index in [1.807, 2.05) is 30.3 Å². The maximum absolute atomic E-state index is 13.8. The summed E-state index contributed by atoms with van der Waals surface area (Å²) in [5, 5.41) is 13.0. The van der Waals surface area contributed by atoms with Crippen LogP contribution in [0.1, 0.15) is 42.5 Å². The van der Waals surface area contributed by atoms with Crippen LogP contribution < -0.4 is 0 Å². The van der Waals surface area contributed by atoms with Gasteiger partial charge in [-0.2, -0.15) is 0 Å². The molecule has 1 N–H and O–H groups in total. The molecule has 0 atom stereocenters. The van der Waals surface area contributed by atoms with Crippen LogP contribution in [-0.2, 0) is 22.3 Å². The van der Waals surface area contributed by atoms with E-state index in [1.165, 1.54) is 6.07 Å². The molecule has 0 bridgehead atoms. The summed E-state index contributed by atoms with van der Waals surface area (Å²) in [5.41, 5.74) is 2.08. The summed E-state index contributed by atoms with van der Waals surface area (Å²) in [6.07, 6.45) is 2.66. The van der Waals surface area contributed by atoms with Crippen molar-refractivity contribution in [3.63, 3.8) is 0 Å². The molecule has 6 heteroatoms. The van der Waals surface area contributed by atoms with E-state index in [2.05, 4.69) is 4.98 Å². The zero-order valence-electron chi connectivity index (χ0n) is 15.4. The highest BCUT2D eigenvalue weighted by Gasteiger charge is 2.54. The van der Waals surface area contributed by atoms with Gasteiger partial charge in [0.25, 0.3) is 0 Å². The predicted molar refractivity (Wildman–Crippen MR) is 103 cm³/mol. The van der Waals surface area contributed by atoms with Crippen LogP contribution >= 0.6 is 0 Å². The van der Waals surface area contributed by atoms with E-state index in [4.69, 9.17) is 4.74 Å². The zero-order valence-corrected chi connectivity index (χ0v) is 15.4. The van der Waals surface area contributed by atoms with Crippen LogP contribution in [-0.4, -0.2) is 16.5 Å². The van der Waals surface area contributed by atoms with Crippen LogP contribution in [0.5, 0.6) is 0 Å². The van der Waals surface area contributed by atoms with Gasteiger partial charge in [-0.25, -0.2) is 4.39 Å². The molecule has 0 radical (unpaired) electrons. The van der Waals surface area contributed by atoms with Crippen molar-refractivity contribution in [2.24, 2.45) is 0 Å². The van der Waals surface area contributed by atoms with Gasteiger partial charge in [0.1, 0.15) is 11.4 Å². The number of ether oxygens (including phenoxy) is 1. The second-order valence-corrected chi connectivity index (χ2v) is 7.92. The lowest BCUT2D eigenvalue weighted by molar-refractivity contribution is -0.587. The van der Waals surface area contributed by atoms with E-state index >= 15 is 0 Å². The number of hydrogen-bond donors (Lipinski definition) is 1. The molecule has 5 nitrogen and oxygen atoms in total. The monoisotopic (exact) mass is 380 g/mol. The van der Waals surface area contributed by atoms with Crippen LogP contribution in [0.15, 0.2) is 48.5 Å². The Kier molecular flexibility index (Phi) is 3.81. The summed E-state index contributed by atoms with van der Waals surface area (Å²) >= 11 is 0. The van der Waals surface area contributed by atoms with E-state index in [0.717, 1.165) is 34.1 Å². The number of aromatic amines is 1. The Balaban J connectivity index is 1.55. The Morgan fingerprint density at radius 3 is 2.54 bits per heavy atom. The minimum absolute atomic E-state index is 0.125. The first-order valence-corrected chi connectivity index (χ1v) is 9.69. The molecule has 3 aromatic rings. The Morgan fingerprint density at radius 2 is 1.82 bits per heavy atom. The van der Waals surface area contributed by atoms with Gasteiger partial charge in [0.05, 0.1) is 12.3 Å². The minimum atomic E-state index is -1.08. The molecule has 1 aliphatic carbocycles. The van der Waals surface area contributed by atoms with Crippen LogP contribution in [0.3, 0.4) is 0 Å². The molecule has 1 aromatic heterocycles. The van der Waals surface area contributed by atoms with E-state index in [0.29, 0.717) is 32.3 Å². The Labute approximate surface area is 161 Å². The van der Waals surface area contributed by atoms with Crippen molar-refractivity contribution in [1.82, 2.24) is 4.98 Å². The van der Waals surface area contributed by atoms with Crippen molar-refractivity contribution in [3.8, 4) is 0 Å². The number of fused-ring (bicyclic) bond motifs is 4. The summed E-state index contributed by atoms with van der Waals surface area (Å²) in [6, 6.07) is 14.0. The summed E-state index contributed by atoms with van der Waals surface area (Å²) in [4.78, 5) is 15.4. The van der Waals surface area contributed by atoms with Gasteiger partial charge in [-0.3, -0.25) is 10.1 Å². The van der Waals surface area contributed by atoms with Crippen LogP contribution in [0, 0.1) is 15.9 Å². The third-order valence-corrected chi connectivity index (χ3v) is 6.60. The maximum Gasteiger partial charge on any atom is 0.247 e. The first-order valence-electron chi connectivity index (χ1n) is 9.69. The van der Waals surface area contributed by atoms with Gasteiger partial charge < -0.3 is 9.72 Å². The minimum Gasteiger partial charge on any atom is -0.368 e. The Morgan fingerprint density at radius 1 is 1.07 bits per heavy atom. The first-order chi connectivity index (χ1) is 13.5. The number of benzene rings is 2. The maximum atomic E-state index is 13.8. The normalized spacial score (nSPS) is 27.0. The molecule has 2 aromatic carbocycles. The van der Waals surface area contributed by atoms with Crippen molar-refractivity contribution in [2.45, 2.75) is 43.2 Å². The summed E-state index contributed by atoms with van der Waals surface area (Å²) in [6.45, 7) is 0.549. The SMILES string of the molecule is O=[N+]([O-])C1(c2ccccc2)CCC2(CC1)OCCc1c2[nH]c2ccc(F)cc12. The van der Waals surface area contributed by atoms with Crippen molar-refractivity contribution in [2.75, 3.05) is 6.61 Å². The van der Waals surface area contributed by atoms with Gasteiger partial charge in [0, 0.05) is 34.2 Å². The van der Waals surface area contributed by atoms with E-state index in [9.17, 15) is 14.5 Å². The van der Waals surface area contributed by atoms with Crippen molar-refractivity contribution >= 4 is 10.9 Å². The highest BCUT2D eigenvalue weighted by Crippen LogP contribution is 2.51. The van der Waals surface area contributed by atoms with Gasteiger partial charge in [-0.15, -0.1) is 0 Å². The smallest absolute Gasteiger partial charge is 0.247 e. The van der Waals surface area contributed by atoms with Crippen molar-refractivity contribution in [1.29, 1.82) is 0 Å². The number of nitro groups is 1. The largest absolute Gasteiger partial charge is 0.368 e. The van der Waals surface area contributed by atoms with E-state index < -0.39 is 11.1 Å². The molecule has 2 aliphatic rings. The molecule has 0 saturated heterocycles. The highest BCUT2D eigenvalue weighted by molar-refractivity contribution is 5.85. The van der Waals surface area contributed by atoms with E-state index in [1.54, 1.807) is 12.1 Å². The number of halogens is 1. The third kappa shape index (κ3) is 2.41. The second-order valence-electron chi connectivity index (χ2n) is 7.92. The number of aromatic nitrogens is 1. The van der Waals surface area contributed by atoms with Crippen molar-refractivity contribution < 1.29 is 14.1 Å². The standard InChI is InChI=1S/C22H21FN2O3/c23-16-6-7-19-18(14-16)17-8-13-28-22(20(17)24-19)11-9-21(10-12-22,25(26)27)15-4-2-1-3-5-15/h1-7,14,24H,8-13H2. The lowest BCUT2D eigenvalue weighted by Crippen LogP contribution is -2.47. The molecule has 1 aliphatic heterocycles. The van der Waals surface area contributed by atoms with Crippen molar-refractivity contribution in [3.05, 3.63) is 81.3 Å². The molecular formula is C22H21FN2O3. The third-order valence-electron chi connectivity index (χ3n) is 6.60. The fourth-order valence-corrected chi connectivity index (χ4v) is 5.08. The molecular weight excluding hydrogens is 359 g/mol. The average Bonchev–Trinajstić information content (AvgIpc) is 3.09.